The number of nitrogens with zero attached hydrogens (tertiary/aromatic N) is 1. The van der Waals surface area contributed by atoms with E-state index in [2.05, 4.69) is 6.58 Å². The van der Waals surface area contributed by atoms with Crippen molar-refractivity contribution in [3.8, 4) is 5.75 Å². The Morgan fingerprint density at radius 3 is 2.69 bits per heavy atom. The summed E-state index contributed by atoms with van der Waals surface area (Å²) in [6, 6.07) is 7.10. The van der Waals surface area contributed by atoms with Gasteiger partial charge in [-0.05, 0) is 30.3 Å². The van der Waals surface area contributed by atoms with Gasteiger partial charge in [-0.25, -0.2) is 0 Å². The number of ether oxygens (including phenoxy) is 1. The Morgan fingerprint density at radius 2 is 2.12 bits per heavy atom. The van der Waals surface area contributed by atoms with Gasteiger partial charge in [-0.2, -0.15) is 0 Å². The Kier molecular flexibility index (Phi) is 4.86. The smallest absolute Gasteiger partial charge is 0.245 e. The molecule has 1 aromatic rings. The Bertz CT molecular complexity index is 362. The molecule has 0 saturated carbocycles. The standard InChI is InChI=1S/C12H14ClNO2/c1-3-12(15)14(2)8-9-16-11-6-4-10(13)5-7-11/h3-7H,1,8-9H2,2H3. The predicted molar refractivity (Wildman–Crippen MR) is 64.8 cm³/mol. The van der Waals surface area contributed by atoms with Crippen molar-refractivity contribution in [2.75, 3.05) is 20.2 Å². The average molecular weight is 240 g/mol. The molecule has 1 rings (SSSR count). The monoisotopic (exact) mass is 239 g/mol. The molecule has 0 aromatic heterocycles. The van der Waals surface area contributed by atoms with Crippen LogP contribution in [0.5, 0.6) is 5.75 Å². The average Bonchev–Trinajstić information content (AvgIpc) is 2.30. The number of likely N-dealkylation sites (N-methyl/N-ethyl adjacent to an activating group) is 1. The first-order valence-electron chi connectivity index (χ1n) is 4.89. The number of hydrogen-bond donors (Lipinski definition) is 0. The lowest BCUT2D eigenvalue weighted by Crippen LogP contribution is -2.29. The van der Waals surface area contributed by atoms with Crippen LogP contribution in [0.1, 0.15) is 0 Å². The van der Waals surface area contributed by atoms with E-state index >= 15 is 0 Å². The van der Waals surface area contributed by atoms with Crippen LogP contribution in [0.3, 0.4) is 0 Å². The summed E-state index contributed by atoms with van der Waals surface area (Å²) >= 11 is 5.74. The van der Waals surface area contributed by atoms with Crippen molar-refractivity contribution < 1.29 is 9.53 Å². The van der Waals surface area contributed by atoms with Gasteiger partial charge in [-0.3, -0.25) is 4.79 Å². The molecule has 0 radical (unpaired) electrons. The van der Waals surface area contributed by atoms with E-state index in [9.17, 15) is 4.79 Å². The number of halogens is 1. The minimum Gasteiger partial charge on any atom is -0.492 e. The van der Waals surface area contributed by atoms with Gasteiger partial charge in [-0.15, -0.1) is 0 Å². The first kappa shape index (κ1) is 12.6. The van der Waals surface area contributed by atoms with Crippen molar-refractivity contribution in [1.82, 2.24) is 4.90 Å². The fraction of sp³-hybridized carbons (Fsp3) is 0.250. The summed E-state index contributed by atoms with van der Waals surface area (Å²) in [5.41, 5.74) is 0. The third kappa shape index (κ3) is 3.95. The lowest BCUT2D eigenvalue weighted by Gasteiger charge is -2.15. The number of hydrogen-bond acceptors (Lipinski definition) is 2. The fourth-order valence-electron chi connectivity index (χ4n) is 1.10. The molecule has 4 heteroatoms. The van der Waals surface area contributed by atoms with Crippen LogP contribution in [-0.4, -0.2) is 31.0 Å². The highest BCUT2D eigenvalue weighted by Gasteiger charge is 2.03. The largest absolute Gasteiger partial charge is 0.492 e. The molecule has 0 saturated heterocycles. The first-order valence-corrected chi connectivity index (χ1v) is 5.27. The normalized spacial score (nSPS) is 9.62. The van der Waals surface area contributed by atoms with Crippen molar-refractivity contribution in [3.05, 3.63) is 41.9 Å². The number of amides is 1. The van der Waals surface area contributed by atoms with E-state index in [0.717, 1.165) is 5.75 Å². The topological polar surface area (TPSA) is 29.5 Å². The van der Waals surface area contributed by atoms with E-state index in [1.54, 1.807) is 36.2 Å². The predicted octanol–water partition coefficient (Wildman–Crippen LogP) is 2.36. The summed E-state index contributed by atoms with van der Waals surface area (Å²) in [6.07, 6.45) is 1.28. The van der Waals surface area contributed by atoms with Crippen LogP contribution < -0.4 is 4.74 Å². The zero-order valence-electron chi connectivity index (χ0n) is 9.15. The maximum Gasteiger partial charge on any atom is 0.245 e. The molecule has 0 fully saturated rings. The molecular formula is C12H14ClNO2. The van der Waals surface area contributed by atoms with Gasteiger partial charge in [0.1, 0.15) is 12.4 Å². The van der Waals surface area contributed by atoms with E-state index in [4.69, 9.17) is 16.3 Å². The van der Waals surface area contributed by atoms with Crippen molar-refractivity contribution in [1.29, 1.82) is 0 Å². The van der Waals surface area contributed by atoms with E-state index in [0.29, 0.717) is 18.2 Å². The van der Waals surface area contributed by atoms with Crippen LogP contribution in [0.4, 0.5) is 0 Å². The van der Waals surface area contributed by atoms with E-state index in [1.165, 1.54) is 6.08 Å². The van der Waals surface area contributed by atoms with E-state index in [-0.39, 0.29) is 5.91 Å². The second-order valence-electron chi connectivity index (χ2n) is 3.27. The molecule has 0 N–H and O–H groups in total. The van der Waals surface area contributed by atoms with Crippen LogP contribution in [0.25, 0.3) is 0 Å². The molecule has 0 heterocycles. The number of carbonyl (C=O) groups excluding carboxylic acids is 1. The number of rotatable bonds is 5. The van der Waals surface area contributed by atoms with Crippen molar-refractivity contribution in [2.45, 2.75) is 0 Å². The summed E-state index contributed by atoms with van der Waals surface area (Å²) in [6.45, 7) is 4.37. The zero-order valence-corrected chi connectivity index (χ0v) is 9.91. The molecule has 0 bridgehead atoms. The quantitative estimate of drug-likeness (QED) is 0.739. The van der Waals surface area contributed by atoms with Gasteiger partial charge in [0.25, 0.3) is 0 Å². The minimum atomic E-state index is -0.111. The molecule has 3 nitrogen and oxygen atoms in total. The lowest BCUT2D eigenvalue weighted by molar-refractivity contribution is -0.125. The summed E-state index contributed by atoms with van der Waals surface area (Å²) in [4.78, 5) is 12.7. The van der Waals surface area contributed by atoms with Crippen LogP contribution in [0.2, 0.25) is 5.02 Å². The Hall–Kier alpha value is -1.48. The van der Waals surface area contributed by atoms with Crippen LogP contribution in [-0.2, 0) is 4.79 Å². The highest BCUT2D eigenvalue weighted by atomic mass is 35.5. The summed E-state index contributed by atoms with van der Waals surface area (Å²) in [5.74, 6) is 0.628. The van der Waals surface area contributed by atoms with Gasteiger partial charge in [-0.1, -0.05) is 18.2 Å². The molecule has 0 unspecified atom stereocenters. The van der Waals surface area contributed by atoms with Gasteiger partial charge in [0.05, 0.1) is 6.54 Å². The molecule has 0 spiro atoms. The maximum atomic E-state index is 11.1. The number of carbonyl (C=O) groups is 1. The van der Waals surface area contributed by atoms with Gasteiger partial charge in [0, 0.05) is 12.1 Å². The first-order chi connectivity index (χ1) is 7.63. The van der Waals surface area contributed by atoms with Crippen LogP contribution >= 0.6 is 11.6 Å². The zero-order chi connectivity index (χ0) is 12.0. The van der Waals surface area contributed by atoms with Gasteiger partial charge < -0.3 is 9.64 Å². The molecule has 0 atom stereocenters. The molecule has 0 aliphatic rings. The SMILES string of the molecule is C=CC(=O)N(C)CCOc1ccc(Cl)cc1. The Balaban J connectivity index is 2.33. The second-order valence-corrected chi connectivity index (χ2v) is 3.70. The number of benzene rings is 1. The van der Waals surface area contributed by atoms with Gasteiger partial charge in [0.2, 0.25) is 5.91 Å². The molecule has 1 aromatic carbocycles. The molecule has 0 aliphatic heterocycles. The summed E-state index contributed by atoms with van der Waals surface area (Å²) < 4.78 is 5.44. The van der Waals surface area contributed by atoms with Crippen LogP contribution in [0.15, 0.2) is 36.9 Å². The van der Waals surface area contributed by atoms with Crippen molar-refractivity contribution in [3.63, 3.8) is 0 Å². The molecular weight excluding hydrogens is 226 g/mol. The highest BCUT2D eigenvalue weighted by molar-refractivity contribution is 6.30. The Labute approximate surface area is 100 Å². The van der Waals surface area contributed by atoms with Crippen molar-refractivity contribution in [2.24, 2.45) is 0 Å². The van der Waals surface area contributed by atoms with Crippen LogP contribution in [0, 0.1) is 0 Å². The molecule has 86 valence electrons. The maximum absolute atomic E-state index is 11.1. The Morgan fingerprint density at radius 1 is 1.50 bits per heavy atom. The lowest BCUT2D eigenvalue weighted by atomic mass is 10.3. The minimum absolute atomic E-state index is 0.111. The van der Waals surface area contributed by atoms with E-state index < -0.39 is 0 Å². The highest BCUT2D eigenvalue weighted by Crippen LogP contribution is 2.15. The molecule has 1 amide bonds. The molecule has 0 aliphatic carbocycles. The van der Waals surface area contributed by atoms with E-state index in [1.807, 2.05) is 0 Å². The van der Waals surface area contributed by atoms with Crippen molar-refractivity contribution >= 4 is 17.5 Å². The second kappa shape index (κ2) is 6.18. The third-order valence-corrected chi connectivity index (χ3v) is 2.31. The van der Waals surface area contributed by atoms with Gasteiger partial charge in [0.15, 0.2) is 0 Å². The third-order valence-electron chi connectivity index (χ3n) is 2.06. The van der Waals surface area contributed by atoms with Gasteiger partial charge >= 0.3 is 0 Å². The molecule has 16 heavy (non-hydrogen) atoms. The summed E-state index contributed by atoms with van der Waals surface area (Å²) in [7, 11) is 1.70. The fourth-order valence-corrected chi connectivity index (χ4v) is 1.22. The summed E-state index contributed by atoms with van der Waals surface area (Å²) in [5, 5.41) is 0.673.